The minimum absolute atomic E-state index is 0.0753. The van der Waals surface area contributed by atoms with Crippen LogP contribution in [0.3, 0.4) is 0 Å². The molecule has 0 radical (unpaired) electrons. The van der Waals surface area contributed by atoms with Crippen molar-refractivity contribution in [1.29, 1.82) is 0 Å². The molecule has 11 heteroatoms. The van der Waals surface area contributed by atoms with Crippen molar-refractivity contribution < 1.29 is 14.3 Å². The number of rotatable bonds is 6. The number of nitrogens with zero attached hydrogens (tertiary/aromatic N) is 5. The zero-order valence-electron chi connectivity index (χ0n) is 17.7. The van der Waals surface area contributed by atoms with Gasteiger partial charge in [-0.05, 0) is 44.1 Å². The molecular formula is C20H28N8O3. The minimum Gasteiger partial charge on any atom is -0.446 e. The Hall–Kier alpha value is -3.24. The number of amides is 2. The molecule has 0 aromatic carbocycles. The molecule has 0 saturated heterocycles. The smallest absolute Gasteiger partial charge is 0.407 e. The summed E-state index contributed by atoms with van der Waals surface area (Å²) in [5, 5.41) is 14.0. The fraction of sp³-hybridized carbons (Fsp3) is 0.600. The van der Waals surface area contributed by atoms with Gasteiger partial charge in [-0.1, -0.05) is 6.92 Å². The summed E-state index contributed by atoms with van der Waals surface area (Å²) in [6.45, 7) is 3.97. The summed E-state index contributed by atoms with van der Waals surface area (Å²) in [6, 6.07) is 0.240. The molecule has 2 aromatic rings. The van der Waals surface area contributed by atoms with E-state index in [0.29, 0.717) is 24.0 Å². The standard InChI is InChI=1S/C20H28N8O3/c1-3-12(2)24-20(30)31-15-5-4-14(7-15)16-8-17(27-26-16)25-18(29)6-13-9-21-19-22-11-23-28(19)10-13/h9-12,14-16,26H,3-8H2,1-2H3,(H,24,30)(H,25,27,29)/t12-,14-,15+,16?/m0/s1. The molecule has 0 bridgehead atoms. The predicted molar refractivity (Wildman–Crippen MR) is 112 cm³/mol. The van der Waals surface area contributed by atoms with Gasteiger partial charge < -0.3 is 20.8 Å². The average Bonchev–Trinajstić information content (AvgIpc) is 3.48. The fourth-order valence-corrected chi connectivity index (χ4v) is 3.99. The quantitative estimate of drug-likeness (QED) is 0.628. The normalized spacial score (nSPS) is 23.8. The molecular weight excluding hydrogens is 400 g/mol. The van der Waals surface area contributed by atoms with Crippen LogP contribution in [0, 0.1) is 5.92 Å². The van der Waals surface area contributed by atoms with Crippen LogP contribution in [0.4, 0.5) is 4.79 Å². The van der Waals surface area contributed by atoms with Gasteiger partial charge >= 0.3 is 6.09 Å². The highest BCUT2D eigenvalue weighted by Crippen LogP contribution is 2.32. The molecule has 1 aliphatic carbocycles. The third-order valence-corrected chi connectivity index (χ3v) is 5.86. The topological polar surface area (TPSA) is 135 Å². The second kappa shape index (κ2) is 9.27. The Morgan fingerprint density at radius 1 is 1.35 bits per heavy atom. The first-order valence-electron chi connectivity index (χ1n) is 10.7. The van der Waals surface area contributed by atoms with E-state index in [4.69, 9.17) is 4.74 Å². The molecule has 1 fully saturated rings. The van der Waals surface area contributed by atoms with Crippen molar-refractivity contribution in [1.82, 2.24) is 35.6 Å². The van der Waals surface area contributed by atoms with Crippen LogP contribution in [-0.2, 0) is 16.0 Å². The molecule has 2 aliphatic rings. The summed E-state index contributed by atoms with van der Waals surface area (Å²) in [5.74, 6) is 1.31. The number of aromatic nitrogens is 4. The van der Waals surface area contributed by atoms with Crippen molar-refractivity contribution in [2.75, 3.05) is 0 Å². The number of carbonyl (C=O) groups is 2. The second-order valence-electron chi connectivity index (χ2n) is 8.24. The first-order chi connectivity index (χ1) is 15.0. The molecule has 11 nitrogen and oxygen atoms in total. The Balaban J connectivity index is 1.21. The minimum atomic E-state index is -0.345. The molecule has 2 amide bonds. The van der Waals surface area contributed by atoms with E-state index < -0.39 is 0 Å². The van der Waals surface area contributed by atoms with E-state index in [9.17, 15) is 9.59 Å². The van der Waals surface area contributed by atoms with Crippen LogP contribution in [-0.4, -0.2) is 55.6 Å². The number of hydrogen-bond acceptors (Lipinski definition) is 8. The Bertz CT molecular complexity index is 974. The SMILES string of the molecule is CC[C@H](C)NC(=O)O[C@@H]1CC[C@H](C2CC(NC(=O)Cc3cnc4ncnn4c3)=NN2)C1. The van der Waals surface area contributed by atoms with Gasteiger partial charge in [-0.15, -0.1) is 0 Å². The maximum absolute atomic E-state index is 12.4. The molecule has 3 N–H and O–H groups in total. The molecule has 1 aliphatic heterocycles. The third kappa shape index (κ3) is 5.28. The summed E-state index contributed by atoms with van der Waals surface area (Å²) in [7, 11) is 0. The van der Waals surface area contributed by atoms with E-state index >= 15 is 0 Å². The van der Waals surface area contributed by atoms with Crippen molar-refractivity contribution in [2.45, 2.75) is 70.6 Å². The molecule has 4 atom stereocenters. The van der Waals surface area contributed by atoms with Crippen LogP contribution < -0.4 is 16.1 Å². The van der Waals surface area contributed by atoms with E-state index in [0.717, 1.165) is 31.2 Å². The average molecular weight is 428 g/mol. The molecule has 1 saturated carbocycles. The number of hydrogen-bond donors (Lipinski definition) is 3. The number of fused-ring (bicyclic) bond motifs is 1. The number of amidine groups is 1. The van der Waals surface area contributed by atoms with E-state index in [1.807, 2.05) is 13.8 Å². The second-order valence-corrected chi connectivity index (χ2v) is 8.24. The first kappa shape index (κ1) is 21.0. The van der Waals surface area contributed by atoms with Gasteiger partial charge in [0.25, 0.3) is 5.78 Å². The van der Waals surface area contributed by atoms with Crippen molar-refractivity contribution in [3.63, 3.8) is 0 Å². The number of nitrogens with one attached hydrogen (secondary N) is 3. The van der Waals surface area contributed by atoms with Gasteiger partial charge in [0, 0.05) is 24.9 Å². The zero-order chi connectivity index (χ0) is 21.8. The Morgan fingerprint density at radius 3 is 3.06 bits per heavy atom. The monoisotopic (exact) mass is 428 g/mol. The first-order valence-corrected chi connectivity index (χ1v) is 10.7. The molecule has 31 heavy (non-hydrogen) atoms. The summed E-state index contributed by atoms with van der Waals surface area (Å²) < 4.78 is 7.09. The maximum atomic E-state index is 12.4. The van der Waals surface area contributed by atoms with Crippen LogP contribution in [0.15, 0.2) is 23.8 Å². The van der Waals surface area contributed by atoms with Crippen LogP contribution in [0.5, 0.6) is 0 Å². The highest BCUT2D eigenvalue weighted by atomic mass is 16.6. The van der Waals surface area contributed by atoms with Crippen LogP contribution in [0.2, 0.25) is 0 Å². The predicted octanol–water partition coefficient (Wildman–Crippen LogP) is 1.15. The van der Waals surface area contributed by atoms with Crippen molar-refractivity contribution in [2.24, 2.45) is 11.0 Å². The number of carbonyl (C=O) groups excluding carboxylic acids is 2. The van der Waals surface area contributed by atoms with Gasteiger partial charge in [0.1, 0.15) is 18.3 Å². The fourth-order valence-electron chi connectivity index (χ4n) is 3.99. The van der Waals surface area contributed by atoms with Crippen LogP contribution >= 0.6 is 0 Å². The van der Waals surface area contributed by atoms with Gasteiger partial charge in [0.2, 0.25) is 5.91 Å². The zero-order valence-corrected chi connectivity index (χ0v) is 17.7. The Morgan fingerprint density at radius 2 is 2.23 bits per heavy atom. The van der Waals surface area contributed by atoms with Crippen molar-refractivity contribution in [3.8, 4) is 0 Å². The highest BCUT2D eigenvalue weighted by Gasteiger charge is 2.35. The van der Waals surface area contributed by atoms with Gasteiger partial charge in [-0.2, -0.15) is 15.2 Å². The van der Waals surface area contributed by atoms with E-state index in [2.05, 4.69) is 36.2 Å². The Labute approximate surface area is 180 Å². The molecule has 4 rings (SSSR count). The van der Waals surface area contributed by atoms with Crippen molar-refractivity contribution >= 4 is 23.6 Å². The largest absolute Gasteiger partial charge is 0.446 e. The lowest BCUT2D eigenvalue weighted by atomic mass is 9.96. The summed E-state index contributed by atoms with van der Waals surface area (Å²) in [5.41, 5.74) is 3.88. The lowest BCUT2D eigenvalue weighted by Gasteiger charge is -2.19. The lowest BCUT2D eigenvalue weighted by Crippen LogP contribution is -2.35. The number of ether oxygens (including phenoxy) is 1. The summed E-state index contributed by atoms with van der Waals surface area (Å²) in [6.07, 6.45) is 8.64. The number of alkyl carbamates (subject to hydrolysis) is 1. The van der Waals surface area contributed by atoms with Gasteiger partial charge in [-0.3, -0.25) is 4.79 Å². The number of hydrazone groups is 1. The Kier molecular flexibility index (Phi) is 6.28. The highest BCUT2D eigenvalue weighted by molar-refractivity contribution is 5.99. The molecule has 3 heterocycles. The molecule has 166 valence electrons. The summed E-state index contributed by atoms with van der Waals surface area (Å²) in [4.78, 5) is 32.5. The van der Waals surface area contributed by atoms with Crippen molar-refractivity contribution in [3.05, 3.63) is 24.3 Å². The molecule has 0 spiro atoms. The van der Waals surface area contributed by atoms with Gasteiger partial charge in [0.15, 0.2) is 0 Å². The van der Waals surface area contributed by atoms with Crippen LogP contribution in [0.1, 0.15) is 51.5 Å². The van der Waals surface area contributed by atoms with E-state index in [1.165, 1.54) is 10.8 Å². The van der Waals surface area contributed by atoms with Gasteiger partial charge in [-0.25, -0.2) is 14.3 Å². The molecule has 2 aromatic heterocycles. The third-order valence-electron chi connectivity index (χ3n) is 5.86. The van der Waals surface area contributed by atoms with E-state index in [-0.39, 0.29) is 36.6 Å². The molecule has 1 unspecified atom stereocenters. The van der Waals surface area contributed by atoms with Crippen LogP contribution in [0.25, 0.3) is 5.78 Å². The van der Waals surface area contributed by atoms with Gasteiger partial charge in [0.05, 0.1) is 12.5 Å². The van der Waals surface area contributed by atoms with E-state index in [1.54, 1.807) is 12.4 Å². The maximum Gasteiger partial charge on any atom is 0.407 e. The lowest BCUT2D eigenvalue weighted by molar-refractivity contribution is -0.119. The summed E-state index contributed by atoms with van der Waals surface area (Å²) >= 11 is 0.